The molecule has 0 bridgehead atoms. The van der Waals surface area contributed by atoms with Crippen LogP contribution < -0.4 is 4.90 Å². The number of rotatable bonds is 4. The molecule has 12 rings (SSSR count). The zero-order valence-corrected chi connectivity index (χ0v) is 30.0. The Morgan fingerprint density at radius 2 is 0.982 bits per heavy atom. The summed E-state index contributed by atoms with van der Waals surface area (Å²) in [5.74, 6) is 1.76. The summed E-state index contributed by atoms with van der Waals surface area (Å²) >= 11 is 0. The Morgan fingerprint density at radius 3 is 1.86 bits per heavy atom. The van der Waals surface area contributed by atoms with Crippen molar-refractivity contribution in [2.75, 3.05) is 4.90 Å². The lowest BCUT2D eigenvalue weighted by atomic mass is 9.87. The van der Waals surface area contributed by atoms with Crippen LogP contribution in [0.15, 0.2) is 186 Å². The van der Waals surface area contributed by atoms with Crippen molar-refractivity contribution in [3.8, 4) is 45.3 Å². The highest BCUT2D eigenvalue weighted by Crippen LogP contribution is 2.54. The van der Waals surface area contributed by atoms with Crippen molar-refractivity contribution in [2.45, 2.75) is 0 Å². The molecule has 0 radical (unpaired) electrons. The van der Waals surface area contributed by atoms with Gasteiger partial charge in [-0.25, -0.2) is 15.0 Å². The van der Waals surface area contributed by atoms with E-state index < -0.39 is 0 Å². The molecule has 0 N–H and O–H groups in total. The maximum absolute atomic E-state index is 6.48. The summed E-state index contributed by atoms with van der Waals surface area (Å²) in [6, 6.07) is 63.9. The van der Waals surface area contributed by atoms with Crippen LogP contribution in [0.4, 0.5) is 17.1 Å². The summed E-state index contributed by atoms with van der Waals surface area (Å²) in [5.41, 5.74) is 10.2. The largest absolute Gasteiger partial charge is 0.455 e. The second-order valence-electron chi connectivity index (χ2n) is 14.3. The Morgan fingerprint density at radius 1 is 0.357 bits per heavy atom. The third kappa shape index (κ3) is 4.52. The lowest BCUT2D eigenvalue weighted by Crippen LogP contribution is -2.15. The molecule has 0 atom stereocenters. The molecule has 0 amide bonds. The summed E-state index contributed by atoms with van der Waals surface area (Å²) in [6.45, 7) is 0. The van der Waals surface area contributed by atoms with Crippen molar-refractivity contribution in [3.63, 3.8) is 0 Å². The molecule has 9 aromatic carbocycles. The smallest absolute Gasteiger partial charge is 0.167 e. The van der Waals surface area contributed by atoms with Gasteiger partial charge in [-0.2, -0.15) is 0 Å². The molecule has 0 spiro atoms. The van der Waals surface area contributed by atoms with Crippen molar-refractivity contribution < 1.29 is 4.42 Å². The Balaban J connectivity index is 1.11. The van der Waals surface area contributed by atoms with Crippen LogP contribution in [0.2, 0.25) is 0 Å². The van der Waals surface area contributed by atoms with Gasteiger partial charge in [0.25, 0.3) is 0 Å². The van der Waals surface area contributed by atoms with Crippen LogP contribution in [-0.2, 0) is 0 Å². The van der Waals surface area contributed by atoms with Gasteiger partial charge in [-0.05, 0) is 63.5 Å². The monoisotopic (exact) mass is 714 g/mol. The van der Waals surface area contributed by atoms with Gasteiger partial charge in [0.2, 0.25) is 0 Å². The highest BCUT2D eigenvalue weighted by molar-refractivity contribution is 6.21. The topological polar surface area (TPSA) is 55.1 Å². The lowest BCUT2D eigenvalue weighted by molar-refractivity contribution is 0.669. The molecule has 5 nitrogen and oxygen atoms in total. The van der Waals surface area contributed by atoms with Gasteiger partial charge in [0.15, 0.2) is 17.5 Å². The van der Waals surface area contributed by atoms with Gasteiger partial charge >= 0.3 is 0 Å². The summed E-state index contributed by atoms with van der Waals surface area (Å²) in [6.07, 6.45) is 0. The van der Waals surface area contributed by atoms with Gasteiger partial charge in [0.05, 0.1) is 22.6 Å². The highest BCUT2D eigenvalue weighted by atomic mass is 16.3. The van der Waals surface area contributed by atoms with Gasteiger partial charge in [-0.1, -0.05) is 146 Å². The normalized spacial score (nSPS) is 12.2. The van der Waals surface area contributed by atoms with Crippen molar-refractivity contribution in [1.82, 2.24) is 15.0 Å². The number of hydrogen-bond donors (Lipinski definition) is 0. The number of fused-ring (bicyclic) bond motifs is 8. The third-order valence-electron chi connectivity index (χ3n) is 11.2. The maximum Gasteiger partial charge on any atom is 0.167 e. The SMILES string of the molecule is c1ccc(-c2nc(-c3ccc(N4c5ccc6ccccc6c5-c5cccc6cccc4c56)c4ccccc34)nc(-c3cccc4c3oc3ccccc34)n2)cc1. The molecule has 0 fully saturated rings. The fraction of sp³-hybridized carbons (Fsp3) is 0. The fourth-order valence-corrected chi connectivity index (χ4v) is 8.76. The van der Waals surface area contributed by atoms with E-state index in [0.717, 1.165) is 66.5 Å². The molecule has 1 aliphatic heterocycles. The Kier molecular flexibility index (Phi) is 6.56. The predicted molar refractivity (Wildman–Crippen MR) is 230 cm³/mol. The predicted octanol–water partition coefficient (Wildman–Crippen LogP) is 13.7. The molecule has 11 aromatic rings. The zero-order valence-electron chi connectivity index (χ0n) is 30.0. The van der Waals surface area contributed by atoms with Crippen LogP contribution in [0.3, 0.4) is 0 Å². The summed E-state index contributed by atoms with van der Waals surface area (Å²) in [4.78, 5) is 18.0. The van der Waals surface area contributed by atoms with Crippen LogP contribution in [-0.4, -0.2) is 15.0 Å². The maximum atomic E-state index is 6.48. The van der Waals surface area contributed by atoms with E-state index in [-0.39, 0.29) is 0 Å². The van der Waals surface area contributed by atoms with E-state index in [9.17, 15) is 0 Å². The van der Waals surface area contributed by atoms with E-state index in [1.807, 2.05) is 60.7 Å². The minimum atomic E-state index is 0.562. The van der Waals surface area contributed by atoms with Crippen LogP contribution >= 0.6 is 0 Å². The van der Waals surface area contributed by atoms with Crippen LogP contribution in [0.5, 0.6) is 0 Å². The number of hydrogen-bond acceptors (Lipinski definition) is 5. The molecule has 0 saturated carbocycles. The molecule has 5 heteroatoms. The van der Waals surface area contributed by atoms with Crippen molar-refractivity contribution in [2.24, 2.45) is 0 Å². The molecule has 1 aliphatic rings. The standard InChI is InChI=1S/C51H30N4O/c1-2-14-33(15-3-1)49-52-50(54-51(53-49)41-24-12-22-38-37-21-8-9-26-45(37)56-48(38)41)39-28-30-42(36-20-7-6-19-35(36)39)55-43-25-11-17-32-16-10-23-40(46(32)43)47-34-18-5-4-13-31(34)27-29-44(47)55/h1-30H. The number of nitrogens with zero attached hydrogens (tertiary/aromatic N) is 4. The van der Waals surface area contributed by atoms with E-state index in [1.54, 1.807) is 0 Å². The average molecular weight is 715 g/mol. The first-order valence-corrected chi connectivity index (χ1v) is 18.9. The summed E-state index contributed by atoms with van der Waals surface area (Å²) < 4.78 is 6.48. The third-order valence-corrected chi connectivity index (χ3v) is 11.2. The van der Waals surface area contributed by atoms with Gasteiger partial charge < -0.3 is 9.32 Å². The molecule has 2 aromatic heterocycles. The van der Waals surface area contributed by atoms with Gasteiger partial charge in [0.1, 0.15) is 11.2 Å². The zero-order chi connectivity index (χ0) is 36.7. The number of para-hydroxylation sites is 2. The van der Waals surface area contributed by atoms with E-state index in [0.29, 0.717) is 17.5 Å². The number of furan rings is 1. The molecular formula is C51H30N4O. The lowest BCUT2D eigenvalue weighted by Gasteiger charge is -2.35. The first-order chi connectivity index (χ1) is 27.8. The van der Waals surface area contributed by atoms with E-state index in [2.05, 4.69) is 126 Å². The van der Waals surface area contributed by atoms with Crippen molar-refractivity contribution >= 4 is 71.3 Å². The Bertz CT molecular complexity index is 3380. The van der Waals surface area contributed by atoms with Crippen LogP contribution in [0.25, 0.3) is 99.5 Å². The van der Waals surface area contributed by atoms with Gasteiger partial charge in [-0.3, -0.25) is 0 Å². The molecule has 56 heavy (non-hydrogen) atoms. The van der Waals surface area contributed by atoms with E-state index >= 15 is 0 Å². The molecule has 0 unspecified atom stereocenters. The summed E-state index contributed by atoms with van der Waals surface area (Å²) in [7, 11) is 0. The second kappa shape index (κ2) is 11.9. The van der Waals surface area contributed by atoms with E-state index in [1.165, 1.54) is 32.7 Å². The number of aromatic nitrogens is 3. The van der Waals surface area contributed by atoms with E-state index in [4.69, 9.17) is 19.4 Å². The van der Waals surface area contributed by atoms with Gasteiger partial charge in [-0.15, -0.1) is 0 Å². The number of benzene rings is 9. The minimum Gasteiger partial charge on any atom is -0.455 e. The molecule has 3 heterocycles. The quantitative estimate of drug-likeness (QED) is 0.182. The first-order valence-electron chi connectivity index (χ1n) is 18.9. The highest BCUT2D eigenvalue weighted by Gasteiger charge is 2.29. The van der Waals surface area contributed by atoms with Crippen molar-refractivity contribution in [1.29, 1.82) is 0 Å². The molecule has 0 aliphatic carbocycles. The molecule has 260 valence electrons. The van der Waals surface area contributed by atoms with Gasteiger partial charge in [0, 0.05) is 38.2 Å². The Hall–Kier alpha value is -7.63. The molecule has 0 saturated heterocycles. The average Bonchev–Trinajstić information content (AvgIpc) is 3.65. The molecular weight excluding hydrogens is 685 g/mol. The Labute approximate surface area is 321 Å². The number of anilines is 3. The summed E-state index contributed by atoms with van der Waals surface area (Å²) in [5, 5.41) is 9.18. The van der Waals surface area contributed by atoms with Crippen molar-refractivity contribution in [3.05, 3.63) is 182 Å². The second-order valence-corrected chi connectivity index (χ2v) is 14.3. The fourth-order valence-electron chi connectivity index (χ4n) is 8.76. The first kappa shape index (κ1) is 30.8. The minimum absolute atomic E-state index is 0.562. The van der Waals surface area contributed by atoms with Crippen LogP contribution in [0, 0.1) is 0 Å². The van der Waals surface area contributed by atoms with Crippen LogP contribution in [0.1, 0.15) is 0 Å².